The molecule has 32 heavy (non-hydrogen) atoms. The molecule has 0 fully saturated rings. The molecule has 0 heterocycles. The molecule has 0 aromatic heterocycles. The minimum atomic E-state index is -0.616. The summed E-state index contributed by atoms with van der Waals surface area (Å²) in [6.45, 7) is 10.8. The molecule has 1 atom stereocenters. The second-order valence-electron chi connectivity index (χ2n) is 8.56. The Morgan fingerprint density at radius 1 is 1.03 bits per heavy atom. The van der Waals surface area contributed by atoms with Crippen molar-refractivity contribution < 1.29 is 9.59 Å². The van der Waals surface area contributed by atoms with Gasteiger partial charge in [0.2, 0.25) is 11.8 Å². The highest BCUT2D eigenvalue weighted by molar-refractivity contribution is 7.99. The molecule has 0 radical (unpaired) electrons. The second kappa shape index (κ2) is 12.5. The molecule has 2 amide bonds. The maximum absolute atomic E-state index is 13.2. The van der Waals surface area contributed by atoms with Gasteiger partial charge in [-0.05, 0) is 49.9 Å². The van der Waals surface area contributed by atoms with Gasteiger partial charge >= 0.3 is 0 Å². The summed E-state index contributed by atoms with van der Waals surface area (Å²) in [6, 6.07) is 11.0. The summed E-state index contributed by atoms with van der Waals surface area (Å²) >= 11 is 13.9. The summed E-state index contributed by atoms with van der Waals surface area (Å²) < 4.78 is 0. The number of carbonyl (C=O) groups excluding carboxylic acids is 2. The van der Waals surface area contributed by atoms with Crippen LogP contribution < -0.4 is 5.32 Å². The van der Waals surface area contributed by atoms with Crippen molar-refractivity contribution in [3.8, 4) is 0 Å². The third kappa shape index (κ3) is 8.34. The largest absolute Gasteiger partial charge is 0.354 e. The van der Waals surface area contributed by atoms with Crippen molar-refractivity contribution in [2.75, 3.05) is 12.3 Å². The molecule has 174 valence electrons. The minimum Gasteiger partial charge on any atom is -0.354 e. The van der Waals surface area contributed by atoms with E-state index in [9.17, 15) is 9.59 Å². The van der Waals surface area contributed by atoms with Crippen molar-refractivity contribution in [2.24, 2.45) is 5.92 Å². The quantitative estimate of drug-likeness (QED) is 0.438. The lowest BCUT2D eigenvalue weighted by Gasteiger charge is -2.29. The first kappa shape index (κ1) is 26.6. The van der Waals surface area contributed by atoms with E-state index >= 15 is 0 Å². The smallest absolute Gasteiger partial charge is 0.242 e. The number of halogens is 2. The van der Waals surface area contributed by atoms with Gasteiger partial charge in [-0.2, -0.15) is 0 Å². The number of hydrogen-bond donors (Lipinski definition) is 1. The molecule has 0 aliphatic rings. The predicted octanol–water partition coefficient (Wildman–Crippen LogP) is 6.03. The Morgan fingerprint density at radius 2 is 1.69 bits per heavy atom. The number of aryl methyl sites for hydroxylation is 2. The fraction of sp³-hybridized carbons (Fsp3) is 0.440. The van der Waals surface area contributed by atoms with Crippen molar-refractivity contribution in [3.63, 3.8) is 0 Å². The fourth-order valence-corrected chi connectivity index (χ4v) is 4.67. The van der Waals surface area contributed by atoms with Crippen LogP contribution in [-0.2, 0) is 21.9 Å². The number of benzene rings is 2. The molecule has 0 aliphatic carbocycles. The summed E-state index contributed by atoms with van der Waals surface area (Å²) in [5, 5.41) is 3.94. The monoisotopic (exact) mass is 494 g/mol. The molecule has 0 saturated carbocycles. The van der Waals surface area contributed by atoms with E-state index in [0.29, 0.717) is 22.5 Å². The number of rotatable bonds is 10. The van der Waals surface area contributed by atoms with E-state index in [1.165, 1.54) is 16.7 Å². The average Bonchev–Trinajstić information content (AvgIpc) is 2.70. The first-order valence-electron chi connectivity index (χ1n) is 10.7. The van der Waals surface area contributed by atoms with Gasteiger partial charge in [-0.3, -0.25) is 9.59 Å². The van der Waals surface area contributed by atoms with Crippen molar-refractivity contribution in [1.29, 1.82) is 0 Å². The lowest BCUT2D eigenvalue weighted by atomic mass is 10.1. The fourth-order valence-electron chi connectivity index (χ4n) is 3.36. The van der Waals surface area contributed by atoms with Crippen molar-refractivity contribution >= 4 is 46.8 Å². The van der Waals surface area contributed by atoms with Gasteiger partial charge in [-0.15, -0.1) is 11.8 Å². The van der Waals surface area contributed by atoms with Crippen LogP contribution in [-0.4, -0.2) is 35.1 Å². The number of hydrogen-bond acceptors (Lipinski definition) is 3. The molecule has 2 rings (SSSR count). The number of thioether (sulfide) groups is 1. The molecule has 2 aromatic rings. The van der Waals surface area contributed by atoms with E-state index in [1.54, 1.807) is 41.8 Å². The topological polar surface area (TPSA) is 49.4 Å². The van der Waals surface area contributed by atoms with Crippen molar-refractivity contribution in [3.05, 3.63) is 68.7 Å². The molecule has 0 aliphatic heterocycles. The summed E-state index contributed by atoms with van der Waals surface area (Å²) in [4.78, 5) is 27.5. The number of carbonyl (C=O) groups is 2. The van der Waals surface area contributed by atoms with Gasteiger partial charge in [0.05, 0.1) is 5.75 Å². The first-order valence-corrected chi connectivity index (χ1v) is 12.6. The summed E-state index contributed by atoms with van der Waals surface area (Å²) in [5.74, 6) is 1.07. The zero-order valence-corrected chi connectivity index (χ0v) is 21.7. The van der Waals surface area contributed by atoms with Crippen LogP contribution in [0.3, 0.4) is 0 Å². The van der Waals surface area contributed by atoms with Crippen LogP contribution >= 0.6 is 35.0 Å². The molecule has 0 saturated heterocycles. The highest BCUT2D eigenvalue weighted by Crippen LogP contribution is 2.24. The predicted molar refractivity (Wildman–Crippen MR) is 136 cm³/mol. The molecule has 4 nitrogen and oxygen atoms in total. The maximum Gasteiger partial charge on any atom is 0.242 e. The summed E-state index contributed by atoms with van der Waals surface area (Å²) in [6.07, 6.45) is 0. The highest BCUT2D eigenvalue weighted by atomic mass is 35.5. The summed E-state index contributed by atoms with van der Waals surface area (Å²) in [5.41, 5.74) is 4.37. The lowest BCUT2D eigenvalue weighted by molar-refractivity contribution is -0.138. The Hall–Kier alpha value is -1.69. The Labute approximate surface area is 206 Å². The van der Waals surface area contributed by atoms with Crippen LogP contribution in [0.15, 0.2) is 36.4 Å². The average molecular weight is 496 g/mol. The van der Waals surface area contributed by atoms with Crippen LogP contribution in [0.25, 0.3) is 0 Å². The standard InChI is InChI=1S/C25H32Cl2N2O2S/c1-16(2)12-28-25(31)19(5)29(13-21-6-7-22(26)11-23(21)27)24(30)15-32-14-20-9-17(3)8-18(4)10-20/h6-11,16,19H,12-15H2,1-5H3,(H,28,31)/t19-/m0/s1. The molecule has 2 aromatic carbocycles. The Kier molecular flexibility index (Phi) is 10.4. The Morgan fingerprint density at radius 3 is 2.28 bits per heavy atom. The molecule has 0 bridgehead atoms. The van der Waals surface area contributed by atoms with Gasteiger partial charge in [-0.1, -0.05) is 72.4 Å². The SMILES string of the molecule is Cc1cc(C)cc(CSCC(=O)N(Cc2ccc(Cl)cc2Cl)[C@@H](C)C(=O)NCC(C)C)c1. The second-order valence-corrected chi connectivity index (χ2v) is 10.4. The van der Waals surface area contributed by atoms with Gasteiger partial charge in [-0.25, -0.2) is 0 Å². The van der Waals surface area contributed by atoms with Crippen LogP contribution in [0.4, 0.5) is 0 Å². The third-order valence-electron chi connectivity index (χ3n) is 4.98. The van der Waals surface area contributed by atoms with Crippen molar-refractivity contribution in [1.82, 2.24) is 10.2 Å². The molecular weight excluding hydrogens is 463 g/mol. The maximum atomic E-state index is 13.2. The van der Waals surface area contributed by atoms with Crippen LogP contribution in [0.1, 0.15) is 43.0 Å². The van der Waals surface area contributed by atoms with Gasteiger partial charge < -0.3 is 10.2 Å². The molecule has 0 unspecified atom stereocenters. The lowest BCUT2D eigenvalue weighted by Crippen LogP contribution is -2.48. The van der Waals surface area contributed by atoms with Gasteiger partial charge in [0.1, 0.15) is 6.04 Å². The Balaban J connectivity index is 2.12. The Bertz CT molecular complexity index is 929. The third-order valence-corrected chi connectivity index (χ3v) is 6.56. The molecular formula is C25H32Cl2N2O2S. The molecule has 0 spiro atoms. The van der Waals surface area contributed by atoms with Crippen LogP contribution in [0.5, 0.6) is 0 Å². The van der Waals surface area contributed by atoms with Gasteiger partial charge in [0, 0.05) is 28.9 Å². The van der Waals surface area contributed by atoms with E-state index in [0.717, 1.165) is 11.3 Å². The highest BCUT2D eigenvalue weighted by Gasteiger charge is 2.26. The van der Waals surface area contributed by atoms with E-state index in [1.807, 2.05) is 13.8 Å². The van der Waals surface area contributed by atoms with Gasteiger partial charge in [0.15, 0.2) is 0 Å². The van der Waals surface area contributed by atoms with E-state index in [2.05, 4.69) is 37.4 Å². The number of amides is 2. The van der Waals surface area contributed by atoms with E-state index in [4.69, 9.17) is 23.2 Å². The van der Waals surface area contributed by atoms with Crippen LogP contribution in [0.2, 0.25) is 10.0 Å². The molecule has 7 heteroatoms. The first-order chi connectivity index (χ1) is 15.1. The number of nitrogens with one attached hydrogen (secondary N) is 1. The van der Waals surface area contributed by atoms with E-state index < -0.39 is 6.04 Å². The number of nitrogens with zero attached hydrogens (tertiary/aromatic N) is 1. The zero-order chi connectivity index (χ0) is 23.8. The normalized spacial score (nSPS) is 12.0. The molecule has 1 N–H and O–H groups in total. The zero-order valence-electron chi connectivity index (χ0n) is 19.4. The van der Waals surface area contributed by atoms with Crippen LogP contribution in [0, 0.1) is 19.8 Å². The van der Waals surface area contributed by atoms with E-state index in [-0.39, 0.29) is 24.1 Å². The minimum absolute atomic E-state index is 0.0995. The van der Waals surface area contributed by atoms with Gasteiger partial charge in [0.25, 0.3) is 0 Å². The summed E-state index contributed by atoms with van der Waals surface area (Å²) in [7, 11) is 0. The van der Waals surface area contributed by atoms with Crippen molar-refractivity contribution in [2.45, 2.75) is 53.0 Å².